The summed E-state index contributed by atoms with van der Waals surface area (Å²) in [5, 5.41) is 8.89. The molecule has 5 nitrogen and oxygen atoms in total. The van der Waals surface area contributed by atoms with E-state index in [1.165, 1.54) is 0 Å². The Labute approximate surface area is 158 Å². The maximum atomic E-state index is 12.8. The van der Waals surface area contributed by atoms with Gasteiger partial charge in [0.25, 0.3) is 5.91 Å². The first-order valence-electron chi connectivity index (χ1n) is 7.54. The molecule has 1 atom stereocenters. The molecule has 25 heavy (non-hydrogen) atoms. The number of anilines is 1. The summed E-state index contributed by atoms with van der Waals surface area (Å²) < 4.78 is 0.923. The normalized spacial score (nSPS) is 16.9. The van der Waals surface area contributed by atoms with E-state index in [2.05, 4.69) is 31.9 Å². The predicted molar refractivity (Wildman–Crippen MR) is 101 cm³/mol. The fourth-order valence-corrected chi connectivity index (χ4v) is 3.02. The van der Waals surface area contributed by atoms with Gasteiger partial charge < -0.3 is 16.0 Å². The van der Waals surface area contributed by atoms with E-state index in [4.69, 9.17) is 11.6 Å². The van der Waals surface area contributed by atoms with E-state index in [0.717, 1.165) is 10.0 Å². The predicted octanol–water partition coefficient (Wildman–Crippen LogP) is 4.37. The summed E-state index contributed by atoms with van der Waals surface area (Å²) in [5.41, 5.74) is 2.41. The highest BCUT2D eigenvalue weighted by Crippen LogP contribution is 2.28. The third kappa shape index (κ3) is 4.03. The Hall–Kier alpha value is -2.31. The molecule has 1 unspecified atom stereocenters. The number of rotatable bonds is 3. The van der Waals surface area contributed by atoms with Crippen LogP contribution < -0.4 is 16.0 Å². The fraction of sp³-hybridized carbons (Fsp3) is 0.111. The molecular weight excluding hydrogens is 406 g/mol. The second kappa shape index (κ2) is 7.29. The Morgan fingerprint density at radius 1 is 1.12 bits per heavy atom. The van der Waals surface area contributed by atoms with Crippen molar-refractivity contribution in [3.05, 3.63) is 74.9 Å². The Kier molecular flexibility index (Phi) is 5.11. The van der Waals surface area contributed by atoms with Crippen LogP contribution in [0.25, 0.3) is 0 Å². The van der Waals surface area contributed by atoms with E-state index < -0.39 is 6.04 Å². The number of halogens is 2. The molecule has 1 aliphatic heterocycles. The summed E-state index contributed by atoms with van der Waals surface area (Å²) in [6, 6.07) is 13.4. The quantitative estimate of drug-likeness (QED) is 0.690. The van der Waals surface area contributed by atoms with Gasteiger partial charge in [-0.05, 0) is 48.9 Å². The number of hydrogen-bond acceptors (Lipinski definition) is 2. The molecule has 0 aliphatic carbocycles. The number of carbonyl (C=O) groups is 2. The number of allylic oxidation sites excluding steroid dienone is 1. The second-order valence-corrected chi connectivity index (χ2v) is 6.93. The first kappa shape index (κ1) is 17.5. The number of benzene rings is 2. The zero-order chi connectivity index (χ0) is 18.0. The zero-order valence-corrected chi connectivity index (χ0v) is 15.6. The van der Waals surface area contributed by atoms with Crippen LogP contribution in [0.5, 0.6) is 0 Å². The highest BCUT2D eigenvalue weighted by Gasteiger charge is 2.31. The maximum absolute atomic E-state index is 12.8. The summed E-state index contributed by atoms with van der Waals surface area (Å²) >= 11 is 9.29. The molecule has 0 fully saturated rings. The van der Waals surface area contributed by atoms with Gasteiger partial charge in [-0.3, -0.25) is 4.79 Å². The summed E-state index contributed by atoms with van der Waals surface area (Å²) in [6.07, 6.45) is 0. The van der Waals surface area contributed by atoms with Gasteiger partial charge in [0.1, 0.15) is 0 Å². The minimum absolute atomic E-state index is 0.285. The minimum Gasteiger partial charge on any atom is -0.327 e. The highest BCUT2D eigenvalue weighted by molar-refractivity contribution is 9.10. The van der Waals surface area contributed by atoms with Crippen LogP contribution in [0.1, 0.15) is 18.5 Å². The molecular formula is C18H15BrClN3O2. The molecule has 2 aromatic carbocycles. The molecule has 0 bridgehead atoms. The Bertz CT molecular complexity index is 848. The van der Waals surface area contributed by atoms with Gasteiger partial charge in [0.05, 0.1) is 11.6 Å². The van der Waals surface area contributed by atoms with Gasteiger partial charge in [0, 0.05) is 20.9 Å². The van der Waals surface area contributed by atoms with Gasteiger partial charge >= 0.3 is 6.03 Å². The topological polar surface area (TPSA) is 70.2 Å². The number of carbonyl (C=O) groups excluding carboxylic acids is 2. The van der Waals surface area contributed by atoms with Crippen LogP contribution in [0, 0.1) is 0 Å². The molecule has 0 saturated carbocycles. The summed E-state index contributed by atoms with van der Waals surface area (Å²) in [7, 11) is 0. The van der Waals surface area contributed by atoms with E-state index >= 15 is 0 Å². The lowest BCUT2D eigenvalue weighted by molar-refractivity contribution is -0.113. The van der Waals surface area contributed by atoms with Crippen molar-refractivity contribution in [2.24, 2.45) is 0 Å². The van der Waals surface area contributed by atoms with E-state index in [0.29, 0.717) is 22.0 Å². The van der Waals surface area contributed by atoms with Crippen LogP contribution in [-0.2, 0) is 4.79 Å². The summed E-state index contributed by atoms with van der Waals surface area (Å²) in [6.45, 7) is 1.71. The summed E-state index contributed by atoms with van der Waals surface area (Å²) in [4.78, 5) is 24.7. The van der Waals surface area contributed by atoms with Crippen LogP contribution in [0.3, 0.4) is 0 Å². The van der Waals surface area contributed by atoms with Gasteiger partial charge in [-0.25, -0.2) is 4.79 Å². The van der Waals surface area contributed by atoms with E-state index in [1.807, 2.05) is 12.1 Å². The van der Waals surface area contributed by atoms with Crippen LogP contribution in [0.2, 0.25) is 5.02 Å². The standard InChI is InChI=1S/C18H15BrClN3O2/c1-10-15(17(24)22-14-8-4-12(19)5-9-14)16(23-18(25)21-10)11-2-6-13(20)7-3-11/h2-9,16H,1H3,(H,22,24)(H2,21,23,25). The van der Waals surface area contributed by atoms with Gasteiger partial charge in [-0.15, -0.1) is 0 Å². The molecule has 128 valence electrons. The lowest BCUT2D eigenvalue weighted by Gasteiger charge is -2.28. The molecule has 0 spiro atoms. The van der Waals surface area contributed by atoms with Crippen molar-refractivity contribution in [3.63, 3.8) is 0 Å². The van der Waals surface area contributed by atoms with E-state index in [-0.39, 0.29) is 11.9 Å². The van der Waals surface area contributed by atoms with Gasteiger partial charge in [-0.1, -0.05) is 39.7 Å². The number of urea groups is 1. The van der Waals surface area contributed by atoms with Gasteiger partial charge in [0.2, 0.25) is 0 Å². The largest absolute Gasteiger partial charge is 0.327 e. The molecule has 7 heteroatoms. The highest BCUT2D eigenvalue weighted by atomic mass is 79.9. The van der Waals surface area contributed by atoms with Crippen molar-refractivity contribution in [2.75, 3.05) is 5.32 Å². The molecule has 0 aromatic heterocycles. The molecule has 1 heterocycles. The third-order valence-corrected chi connectivity index (χ3v) is 4.60. The lowest BCUT2D eigenvalue weighted by atomic mass is 9.95. The first-order chi connectivity index (χ1) is 11.9. The van der Waals surface area contributed by atoms with Gasteiger partial charge in [0.15, 0.2) is 0 Å². The average Bonchev–Trinajstić information content (AvgIpc) is 2.57. The van der Waals surface area contributed by atoms with Crippen molar-refractivity contribution in [1.82, 2.24) is 10.6 Å². The van der Waals surface area contributed by atoms with Crippen molar-refractivity contribution in [1.29, 1.82) is 0 Å². The van der Waals surface area contributed by atoms with Crippen molar-refractivity contribution < 1.29 is 9.59 Å². The number of amides is 3. The van der Waals surface area contributed by atoms with Crippen LogP contribution in [-0.4, -0.2) is 11.9 Å². The van der Waals surface area contributed by atoms with Crippen molar-refractivity contribution >= 4 is 45.2 Å². The lowest BCUT2D eigenvalue weighted by Crippen LogP contribution is -2.45. The molecule has 0 radical (unpaired) electrons. The Morgan fingerprint density at radius 2 is 1.76 bits per heavy atom. The molecule has 3 rings (SSSR count). The molecule has 1 aliphatic rings. The van der Waals surface area contributed by atoms with Crippen molar-refractivity contribution in [2.45, 2.75) is 13.0 Å². The third-order valence-electron chi connectivity index (χ3n) is 3.82. The number of hydrogen-bond donors (Lipinski definition) is 3. The van der Waals surface area contributed by atoms with Crippen LogP contribution >= 0.6 is 27.5 Å². The molecule has 3 N–H and O–H groups in total. The maximum Gasteiger partial charge on any atom is 0.319 e. The van der Waals surface area contributed by atoms with Gasteiger partial charge in [-0.2, -0.15) is 0 Å². The summed E-state index contributed by atoms with van der Waals surface area (Å²) in [5.74, 6) is -0.285. The SMILES string of the molecule is CC1=C(C(=O)Nc2ccc(Br)cc2)C(c2ccc(Cl)cc2)NC(=O)N1. The monoisotopic (exact) mass is 419 g/mol. The second-order valence-electron chi connectivity index (χ2n) is 5.58. The Morgan fingerprint density at radius 3 is 2.40 bits per heavy atom. The van der Waals surface area contributed by atoms with E-state index in [9.17, 15) is 9.59 Å². The molecule has 0 saturated heterocycles. The van der Waals surface area contributed by atoms with Crippen LogP contribution in [0.15, 0.2) is 64.3 Å². The average molecular weight is 421 g/mol. The number of nitrogens with one attached hydrogen (secondary N) is 3. The molecule has 3 amide bonds. The van der Waals surface area contributed by atoms with E-state index in [1.54, 1.807) is 43.3 Å². The smallest absolute Gasteiger partial charge is 0.319 e. The minimum atomic E-state index is -0.554. The first-order valence-corrected chi connectivity index (χ1v) is 8.72. The Balaban J connectivity index is 1.92. The fourth-order valence-electron chi connectivity index (χ4n) is 2.63. The zero-order valence-electron chi connectivity index (χ0n) is 13.3. The van der Waals surface area contributed by atoms with Crippen molar-refractivity contribution in [3.8, 4) is 0 Å². The van der Waals surface area contributed by atoms with Crippen LogP contribution in [0.4, 0.5) is 10.5 Å². The molecule has 2 aromatic rings.